The lowest BCUT2D eigenvalue weighted by Crippen LogP contribution is -2.12. The lowest BCUT2D eigenvalue weighted by molar-refractivity contribution is 0.0602. The topological polar surface area (TPSA) is 111 Å². The van der Waals surface area contributed by atoms with Crippen molar-refractivity contribution >= 4 is 23.0 Å². The summed E-state index contributed by atoms with van der Waals surface area (Å²) in [5.74, 6) is 0.858. The molecule has 0 aliphatic carbocycles. The molecule has 0 amide bonds. The molecule has 36 heavy (non-hydrogen) atoms. The van der Waals surface area contributed by atoms with Crippen LogP contribution >= 0.6 is 0 Å². The summed E-state index contributed by atoms with van der Waals surface area (Å²) < 4.78 is 7.15. The van der Waals surface area contributed by atoms with E-state index >= 15 is 0 Å². The van der Waals surface area contributed by atoms with Crippen molar-refractivity contribution in [1.29, 1.82) is 0 Å². The Labute approximate surface area is 208 Å². The average Bonchev–Trinajstić information content (AvgIpc) is 3.57. The number of nitrogens with zero attached hydrogens (tertiary/aromatic N) is 5. The third-order valence-electron chi connectivity index (χ3n) is 6.13. The molecule has 9 nitrogen and oxygen atoms in total. The van der Waals surface area contributed by atoms with E-state index in [9.17, 15) is 4.79 Å². The van der Waals surface area contributed by atoms with Gasteiger partial charge in [0.25, 0.3) is 0 Å². The van der Waals surface area contributed by atoms with E-state index in [1.54, 1.807) is 6.07 Å². The van der Waals surface area contributed by atoms with Crippen LogP contribution in [0.3, 0.4) is 0 Å². The number of aromatic nitrogens is 6. The third-order valence-corrected chi connectivity index (χ3v) is 6.13. The van der Waals surface area contributed by atoms with Gasteiger partial charge in [-0.1, -0.05) is 67.9 Å². The molecule has 5 aromatic rings. The number of hydrogen-bond donors (Lipinski definition) is 2. The van der Waals surface area contributed by atoms with Crippen LogP contribution in [0.1, 0.15) is 35.7 Å². The minimum Gasteiger partial charge on any atom is -0.465 e. The Hall–Kier alpha value is -4.53. The van der Waals surface area contributed by atoms with Crippen molar-refractivity contribution in [2.45, 2.75) is 26.3 Å². The lowest BCUT2D eigenvalue weighted by atomic mass is 9.95. The summed E-state index contributed by atoms with van der Waals surface area (Å²) in [7, 11) is 1.40. The van der Waals surface area contributed by atoms with Crippen LogP contribution in [0.2, 0.25) is 0 Å². The molecule has 5 rings (SSSR count). The van der Waals surface area contributed by atoms with Gasteiger partial charge in [0.2, 0.25) is 11.8 Å². The number of nitrogens with one attached hydrogen (secondary N) is 2. The van der Waals surface area contributed by atoms with Gasteiger partial charge in [-0.15, -0.1) is 10.2 Å². The zero-order valence-corrected chi connectivity index (χ0v) is 20.2. The predicted molar refractivity (Wildman–Crippen MR) is 139 cm³/mol. The minimum absolute atomic E-state index is 0.391. The number of anilines is 1. The molecule has 0 atom stereocenters. The summed E-state index contributed by atoms with van der Waals surface area (Å²) >= 11 is 0. The highest BCUT2D eigenvalue weighted by atomic mass is 16.5. The summed E-state index contributed by atoms with van der Waals surface area (Å²) in [5, 5.41) is 18.1. The smallest absolute Gasteiger partial charge is 0.340 e. The van der Waals surface area contributed by atoms with Gasteiger partial charge in [0.15, 0.2) is 0 Å². The molecule has 2 N–H and O–H groups in total. The number of carbonyl (C=O) groups is 1. The van der Waals surface area contributed by atoms with E-state index < -0.39 is 5.97 Å². The molecule has 0 saturated heterocycles. The number of carbonyl (C=O) groups excluding carboxylic acids is 1. The van der Waals surface area contributed by atoms with Gasteiger partial charge in [0, 0.05) is 12.1 Å². The van der Waals surface area contributed by atoms with Gasteiger partial charge in [-0.25, -0.2) is 9.78 Å². The number of imidazole rings is 1. The van der Waals surface area contributed by atoms with E-state index in [2.05, 4.69) is 55.6 Å². The summed E-state index contributed by atoms with van der Waals surface area (Å²) in [4.78, 5) is 17.5. The lowest BCUT2D eigenvalue weighted by Gasteiger charge is -2.16. The molecule has 0 aliphatic heterocycles. The molecule has 0 unspecified atom stereocenters. The van der Waals surface area contributed by atoms with E-state index in [1.807, 2.05) is 42.5 Å². The van der Waals surface area contributed by atoms with Crippen molar-refractivity contribution < 1.29 is 9.53 Å². The van der Waals surface area contributed by atoms with Gasteiger partial charge >= 0.3 is 5.97 Å². The van der Waals surface area contributed by atoms with Crippen molar-refractivity contribution in [2.75, 3.05) is 19.0 Å². The minimum atomic E-state index is -0.391. The second-order valence-corrected chi connectivity index (χ2v) is 8.40. The van der Waals surface area contributed by atoms with Crippen molar-refractivity contribution in [1.82, 2.24) is 30.2 Å². The van der Waals surface area contributed by atoms with Gasteiger partial charge < -0.3 is 14.6 Å². The maximum atomic E-state index is 12.7. The molecule has 0 aliphatic rings. The Kier molecular flexibility index (Phi) is 6.70. The molecule has 2 aromatic heterocycles. The number of methoxy groups -OCH3 is 1. The maximum absolute atomic E-state index is 12.7. The number of tetrazole rings is 1. The van der Waals surface area contributed by atoms with Crippen molar-refractivity contribution in [3.8, 4) is 22.5 Å². The second-order valence-electron chi connectivity index (χ2n) is 8.40. The maximum Gasteiger partial charge on any atom is 0.340 e. The van der Waals surface area contributed by atoms with Crippen LogP contribution in [0.25, 0.3) is 33.5 Å². The monoisotopic (exact) mass is 481 g/mol. The van der Waals surface area contributed by atoms with Crippen LogP contribution in [-0.4, -0.2) is 49.8 Å². The number of ether oxygens (including phenoxy) is 1. The van der Waals surface area contributed by atoms with E-state index in [4.69, 9.17) is 9.72 Å². The SMILES string of the molecule is CCCCNc1nc2cccc(C(=O)OC)c2n1Cc1ccccc1-c1ccccc1-c1nn[nH]n1. The molecule has 9 heteroatoms. The molecule has 182 valence electrons. The molecule has 0 radical (unpaired) electrons. The first-order valence-electron chi connectivity index (χ1n) is 11.9. The largest absolute Gasteiger partial charge is 0.465 e. The van der Waals surface area contributed by atoms with Gasteiger partial charge in [0.1, 0.15) is 0 Å². The third kappa shape index (κ3) is 4.43. The Morgan fingerprint density at radius 2 is 1.78 bits per heavy atom. The number of rotatable bonds is 9. The van der Waals surface area contributed by atoms with Gasteiger partial charge in [-0.2, -0.15) is 5.21 Å². The zero-order chi connectivity index (χ0) is 24.9. The van der Waals surface area contributed by atoms with Crippen molar-refractivity contribution in [3.05, 3.63) is 77.9 Å². The van der Waals surface area contributed by atoms with Gasteiger partial charge in [0.05, 0.1) is 30.3 Å². The first-order valence-corrected chi connectivity index (χ1v) is 11.9. The van der Waals surface area contributed by atoms with E-state index in [1.165, 1.54) is 7.11 Å². The first-order chi connectivity index (χ1) is 17.7. The first kappa shape index (κ1) is 23.2. The number of H-pyrrole nitrogens is 1. The number of hydrogen-bond acceptors (Lipinski definition) is 7. The quantitative estimate of drug-likeness (QED) is 0.227. The number of para-hydroxylation sites is 1. The molecule has 0 saturated carbocycles. The standard InChI is InChI=1S/C27H27N7O2/c1-3-4-16-28-27-29-23-15-9-14-22(26(35)36-2)24(23)34(27)17-18-10-5-6-11-19(18)20-12-7-8-13-21(20)25-30-32-33-31-25/h5-15H,3-4,16-17H2,1-2H3,(H,28,29)(H,30,31,32,33). The summed E-state index contributed by atoms with van der Waals surface area (Å²) in [6, 6.07) is 21.7. The molecular weight excluding hydrogens is 454 g/mol. The van der Waals surface area contributed by atoms with Gasteiger partial charge in [-0.05, 0) is 40.5 Å². The number of unbranched alkanes of at least 4 members (excludes halogenated alkanes) is 1. The molecule has 3 aromatic carbocycles. The predicted octanol–water partition coefficient (Wildman–Crippen LogP) is 4.93. The van der Waals surface area contributed by atoms with Gasteiger partial charge in [-0.3, -0.25) is 0 Å². The Morgan fingerprint density at radius 1 is 1.00 bits per heavy atom. The average molecular weight is 482 g/mol. The van der Waals surface area contributed by atoms with Crippen LogP contribution in [0.4, 0.5) is 5.95 Å². The normalized spacial score (nSPS) is 11.1. The van der Waals surface area contributed by atoms with Crippen LogP contribution in [0.15, 0.2) is 66.7 Å². The second kappa shape index (κ2) is 10.4. The number of benzene rings is 3. The fourth-order valence-electron chi connectivity index (χ4n) is 4.41. The fraction of sp³-hybridized carbons (Fsp3) is 0.222. The Balaban J connectivity index is 1.65. The molecular formula is C27H27N7O2. The number of fused-ring (bicyclic) bond motifs is 1. The Morgan fingerprint density at radius 3 is 2.53 bits per heavy atom. The summed E-state index contributed by atoms with van der Waals surface area (Å²) in [5.41, 5.74) is 5.93. The van der Waals surface area contributed by atoms with Crippen LogP contribution in [0, 0.1) is 0 Å². The summed E-state index contributed by atoms with van der Waals surface area (Å²) in [6.07, 6.45) is 2.08. The van der Waals surface area contributed by atoms with E-state index in [-0.39, 0.29) is 0 Å². The summed E-state index contributed by atoms with van der Waals surface area (Å²) in [6.45, 7) is 3.43. The molecule has 2 heterocycles. The van der Waals surface area contributed by atoms with E-state index in [0.717, 1.165) is 58.6 Å². The zero-order valence-electron chi connectivity index (χ0n) is 20.2. The Bertz CT molecular complexity index is 1490. The molecule has 0 spiro atoms. The molecule has 0 fully saturated rings. The van der Waals surface area contributed by atoms with Crippen LogP contribution < -0.4 is 5.32 Å². The fourth-order valence-corrected chi connectivity index (χ4v) is 4.41. The van der Waals surface area contributed by atoms with Crippen molar-refractivity contribution in [3.63, 3.8) is 0 Å². The number of esters is 1. The van der Waals surface area contributed by atoms with Crippen LogP contribution in [-0.2, 0) is 11.3 Å². The highest BCUT2D eigenvalue weighted by Gasteiger charge is 2.20. The molecule has 0 bridgehead atoms. The van der Waals surface area contributed by atoms with Crippen LogP contribution in [0.5, 0.6) is 0 Å². The van der Waals surface area contributed by atoms with Crippen molar-refractivity contribution in [2.24, 2.45) is 0 Å². The highest BCUT2D eigenvalue weighted by molar-refractivity contribution is 6.03. The number of aromatic amines is 1. The highest BCUT2D eigenvalue weighted by Crippen LogP contribution is 2.34. The van der Waals surface area contributed by atoms with E-state index in [0.29, 0.717) is 17.9 Å².